The average Bonchev–Trinajstić information content (AvgIpc) is 2.84. The van der Waals surface area contributed by atoms with Crippen molar-refractivity contribution in [1.82, 2.24) is 14.5 Å². The maximum Gasteiger partial charge on any atom is 0.222 e. The molecule has 0 saturated heterocycles. The predicted octanol–water partition coefficient (Wildman–Crippen LogP) is 2.52. The molecule has 0 bridgehead atoms. The van der Waals surface area contributed by atoms with Gasteiger partial charge in [0.15, 0.2) is 5.15 Å². The molecule has 0 fully saturated rings. The van der Waals surface area contributed by atoms with Crippen LogP contribution in [-0.2, 0) is 13.2 Å². The van der Waals surface area contributed by atoms with E-state index in [0.29, 0.717) is 11.7 Å². The molecule has 6 heteroatoms. The third kappa shape index (κ3) is 2.57. The van der Waals surface area contributed by atoms with Crippen LogP contribution in [0.4, 0.5) is 5.95 Å². The van der Waals surface area contributed by atoms with Gasteiger partial charge in [-0.2, -0.15) is 4.98 Å². The number of hydrogen-bond donors (Lipinski definition) is 2. The van der Waals surface area contributed by atoms with Crippen LogP contribution in [0.5, 0.6) is 0 Å². The molecular weight excluding hydrogens is 288 g/mol. The van der Waals surface area contributed by atoms with E-state index in [2.05, 4.69) is 9.97 Å². The number of nitrogens with two attached hydrogens (primary N) is 1. The van der Waals surface area contributed by atoms with Gasteiger partial charge in [0.2, 0.25) is 5.95 Å². The fourth-order valence-corrected chi connectivity index (χ4v) is 2.72. The van der Waals surface area contributed by atoms with Gasteiger partial charge < -0.3 is 15.4 Å². The summed E-state index contributed by atoms with van der Waals surface area (Å²) < 4.78 is 2.00. The summed E-state index contributed by atoms with van der Waals surface area (Å²) in [4.78, 5) is 8.18. The Morgan fingerprint density at radius 2 is 2.10 bits per heavy atom. The standard InChI is InChI=1S/C15H15ClN4O/c1-9-6-10(8-21)2-3-11(9)7-20-5-4-12-13(20)14(16)19-15(17)18-12/h2-6,21H,7-8H2,1H3,(H2,17,18,19). The molecule has 0 atom stereocenters. The lowest BCUT2D eigenvalue weighted by atomic mass is 10.1. The second-order valence-electron chi connectivity index (χ2n) is 4.97. The van der Waals surface area contributed by atoms with Crippen molar-refractivity contribution in [2.24, 2.45) is 0 Å². The molecule has 21 heavy (non-hydrogen) atoms. The minimum Gasteiger partial charge on any atom is -0.392 e. The zero-order valence-corrected chi connectivity index (χ0v) is 12.3. The van der Waals surface area contributed by atoms with Gasteiger partial charge in [0.05, 0.1) is 12.1 Å². The quantitative estimate of drug-likeness (QED) is 0.729. The zero-order valence-electron chi connectivity index (χ0n) is 11.5. The van der Waals surface area contributed by atoms with Crippen LogP contribution in [0.2, 0.25) is 5.15 Å². The average molecular weight is 303 g/mol. The lowest BCUT2D eigenvalue weighted by Gasteiger charge is -2.10. The Bertz CT molecular complexity index is 813. The van der Waals surface area contributed by atoms with Crippen molar-refractivity contribution >= 4 is 28.6 Å². The maximum atomic E-state index is 9.16. The number of halogens is 1. The number of aromatic nitrogens is 3. The van der Waals surface area contributed by atoms with Gasteiger partial charge in [0.25, 0.3) is 0 Å². The van der Waals surface area contributed by atoms with Crippen LogP contribution in [0.25, 0.3) is 11.0 Å². The molecule has 0 spiro atoms. The molecule has 0 aliphatic rings. The monoisotopic (exact) mass is 302 g/mol. The Morgan fingerprint density at radius 3 is 2.81 bits per heavy atom. The summed E-state index contributed by atoms with van der Waals surface area (Å²) in [6.07, 6.45) is 1.92. The summed E-state index contributed by atoms with van der Waals surface area (Å²) in [6.45, 7) is 2.73. The molecule has 1 aromatic carbocycles. The Hall–Kier alpha value is -2.11. The number of rotatable bonds is 3. The summed E-state index contributed by atoms with van der Waals surface area (Å²) in [5.74, 6) is 0.175. The molecule has 0 radical (unpaired) electrons. The van der Waals surface area contributed by atoms with E-state index in [9.17, 15) is 0 Å². The minimum absolute atomic E-state index is 0.0481. The van der Waals surface area contributed by atoms with Crippen molar-refractivity contribution in [3.8, 4) is 0 Å². The first-order valence-electron chi connectivity index (χ1n) is 6.55. The Kier molecular flexibility index (Phi) is 3.53. The van der Waals surface area contributed by atoms with Crippen LogP contribution in [0, 0.1) is 6.92 Å². The van der Waals surface area contributed by atoms with Gasteiger partial charge in [-0.1, -0.05) is 29.8 Å². The number of aliphatic hydroxyl groups is 1. The number of nitrogen functional groups attached to an aromatic ring is 1. The summed E-state index contributed by atoms with van der Waals surface area (Å²) in [6, 6.07) is 7.79. The van der Waals surface area contributed by atoms with Gasteiger partial charge in [-0.25, -0.2) is 4.98 Å². The van der Waals surface area contributed by atoms with E-state index in [4.69, 9.17) is 22.4 Å². The molecule has 3 rings (SSSR count). The van der Waals surface area contributed by atoms with Crippen molar-refractivity contribution in [3.63, 3.8) is 0 Å². The second-order valence-corrected chi connectivity index (χ2v) is 5.33. The molecule has 0 saturated carbocycles. The summed E-state index contributed by atoms with van der Waals surface area (Å²) >= 11 is 6.18. The fraction of sp³-hybridized carbons (Fsp3) is 0.200. The number of fused-ring (bicyclic) bond motifs is 1. The smallest absolute Gasteiger partial charge is 0.222 e. The number of anilines is 1. The third-order valence-electron chi connectivity index (χ3n) is 3.52. The normalized spacial score (nSPS) is 11.2. The molecule has 2 heterocycles. The van der Waals surface area contributed by atoms with Crippen LogP contribution in [0.15, 0.2) is 30.5 Å². The van der Waals surface area contributed by atoms with E-state index in [0.717, 1.165) is 27.7 Å². The zero-order chi connectivity index (χ0) is 15.0. The fourth-order valence-electron chi connectivity index (χ4n) is 2.43. The van der Waals surface area contributed by atoms with Gasteiger partial charge >= 0.3 is 0 Å². The lowest BCUT2D eigenvalue weighted by Crippen LogP contribution is -2.03. The van der Waals surface area contributed by atoms with Crippen LogP contribution < -0.4 is 5.73 Å². The number of aliphatic hydroxyl groups excluding tert-OH is 1. The highest BCUT2D eigenvalue weighted by Gasteiger charge is 2.10. The van der Waals surface area contributed by atoms with E-state index < -0.39 is 0 Å². The maximum absolute atomic E-state index is 9.16. The van der Waals surface area contributed by atoms with E-state index in [1.165, 1.54) is 0 Å². The first kappa shape index (κ1) is 13.9. The topological polar surface area (TPSA) is 77.0 Å². The van der Waals surface area contributed by atoms with Crippen molar-refractivity contribution in [1.29, 1.82) is 0 Å². The Morgan fingerprint density at radius 1 is 1.29 bits per heavy atom. The number of benzene rings is 1. The Labute approximate surface area is 127 Å². The first-order chi connectivity index (χ1) is 10.1. The van der Waals surface area contributed by atoms with Crippen LogP contribution in [0.1, 0.15) is 16.7 Å². The molecular formula is C15H15ClN4O. The van der Waals surface area contributed by atoms with Gasteiger partial charge in [-0.15, -0.1) is 0 Å². The summed E-state index contributed by atoms with van der Waals surface area (Å²) in [7, 11) is 0. The highest BCUT2D eigenvalue weighted by Crippen LogP contribution is 2.24. The molecule has 0 aliphatic carbocycles. The van der Waals surface area contributed by atoms with Crippen molar-refractivity contribution in [2.75, 3.05) is 5.73 Å². The molecule has 5 nitrogen and oxygen atoms in total. The third-order valence-corrected chi connectivity index (χ3v) is 3.78. The lowest BCUT2D eigenvalue weighted by molar-refractivity contribution is 0.281. The molecule has 3 aromatic rings. The number of hydrogen-bond acceptors (Lipinski definition) is 4. The number of nitrogens with zero attached hydrogens (tertiary/aromatic N) is 3. The summed E-state index contributed by atoms with van der Waals surface area (Å²) in [5, 5.41) is 9.52. The first-order valence-corrected chi connectivity index (χ1v) is 6.93. The second kappa shape index (κ2) is 5.35. The highest BCUT2D eigenvalue weighted by molar-refractivity contribution is 6.33. The molecule has 0 unspecified atom stereocenters. The van der Waals surface area contributed by atoms with Crippen molar-refractivity contribution < 1.29 is 5.11 Å². The minimum atomic E-state index is 0.0481. The van der Waals surface area contributed by atoms with E-state index in [-0.39, 0.29) is 12.6 Å². The molecule has 2 aromatic heterocycles. The largest absolute Gasteiger partial charge is 0.392 e. The summed E-state index contributed by atoms with van der Waals surface area (Å²) in [5.41, 5.74) is 10.3. The van der Waals surface area contributed by atoms with Gasteiger partial charge in [-0.05, 0) is 29.7 Å². The molecule has 0 amide bonds. The highest BCUT2D eigenvalue weighted by atomic mass is 35.5. The molecule has 108 valence electrons. The van der Waals surface area contributed by atoms with Gasteiger partial charge in [0.1, 0.15) is 5.52 Å². The van der Waals surface area contributed by atoms with E-state index in [1.807, 2.05) is 42.0 Å². The van der Waals surface area contributed by atoms with Gasteiger partial charge in [0, 0.05) is 12.7 Å². The molecule has 3 N–H and O–H groups in total. The van der Waals surface area contributed by atoms with Crippen LogP contribution in [-0.4, -0.2) is 19.6 Å². The SMILES string of the molecule is Cc1cc(CO)ccc1Cn1ccc2nc(N)nc(Cl)c21. The number of aryl methyl sites for hydroxylation is 1. The van der Waals surface area contributed by atoms with Crippen molar-refractivity contribution in [3.05, 3.63) is 52.3 Å². The van der Waals surface area contributed by atoms with E-state index in [1.54, 1.807) is 0 Å². The molecule has 0 aliphatic heterocycles. The van der Waals surface area contributed by atoms with Crippen molar-refractivity contribution in [2.45, 2.75) is 20.1 Å². The van der Waals surface area contributed by atoms with E-state index >= 15 is 0 Å². The predicted molar refractivity (Wildman–Crippen MR) is 83.2 cm³/mol. The van der Waals surface area contributed by atoms with Crippen LogP contribution >= 0.6 is 11.6 Å². The van der Waals surface area contributed by atoms with Gasteiger partial charge in [-0.3, -0.25) is 0 Å². The van der Waals surface area contributed by atoms with Crippen LogP contribution in [0.3, 0.4) is 0 Å². The Balaban J connectivity index is 2.02.